The molecule has 0 aliphatic carbocycles. The van der Waals surface area contributed by atoms with E-state index in [-0.39, 0.29) is 0 Å². The van der Waals surface area contributed by atoms with Crippen LogP contribution < -0.4 is 4.90 Å². The first-order chi connectivity index (χ1) is 10.8. The molecule has 1 aliphatic rings. The number of benzene rings is 2. The molecule has 22 heavy (non-hydrogen) atoms. The quantitative estimate of drug-likeness (QED) is 0.608. The fourth-order valence-electron chi connectivity index (χ4n) is 2.56. The first-order valence-electron chi connectivity index (χ1n) is 7.34. The highest BCUT2D eigenvalue weighted by Gasteiger charge is 2.34. The fraction of sp³-hybridized carbons (Fsp3) is 0.222. The van der Waals surface area contributed by atoms with Crippen molar-refractivity contribution in [2.45, 2.75) is 13.0 Å². The highest BCUT2D eigenvalue weighted by atomic mass is 16.5. The Labute approximate surface area is 129 Å². The van der Waals surface area contributed by atoms with E-state index in [2.05, 4.69) is 0 Å². The highest BCUT2D eigenvalue weighted by molar-refractivity contribution is 6.52. The maximum atomic E-state index is 12.0. The van der Waals surface area contributed by atoms with E-state index < -0.39 is 11.7 Å². The minimum absolute atomic E-state index is 0.416. The van der Waals surface area contributed by atoms with Crippen molar-refractivity contribution >= 4 is 17.4 Å². The van der Waals surface area contributed by atoms with Gasteiger partial charge in [-0.3, -0.25) is 9.59 Å². The Kier molecular flexibility index (Phi) is 4.30. The van der Waals surface area contributed by atoms with E-state index in [9.17, 15) is 9.59 Å². The number of carbonyl (C=O) groups is 2. The van der Waals surface area contributed by atoms with Crippen LogP contribution in [0.25, 0.3) is 0 Å². The molecule has 0 saturated heterocycles. The number of fused-ring (bicyclic) bond motifs is 1. The van der Waals surface area contributed by atoms with Gasteiger partial charge in [0.1, 0.15) is 0 Å². The van der Waals surface area contributed by atoms with Gasteiger partial charge in [0.15, 0.2) is 0 Å². The molecule has 0 saturated carbocycles. The Morgan fingerprint density at radius 3 is 2.45 bits per heavy atom. The van der Waals surface area contributed by atoms with Gasteiger partial charge in [0.2, 0.25) is 0 Å². The summed E-state index contributed by atoms with van der Waals surface area (Å²) in [6, 6.07) is 17.1. The number of anilines is 1. The number of carbonyl (C=O) groups excluding carboxylic acids is 2. The van der Waals surface area contributed by atoms with E-state index in [1.165, 1.54) is 0 Å². The minimum Gasteiger partial charge on any atom is -0.377 e. The number of amides is 1. The lowest BCUT2D eigenvalue weighted by atomic mass is 10.1. The topological polar surface area (TPSA) is 46.6 Å². The summed E-state index contributed by atoms with van der Waals surface area (Å²) in [4.78, 5) is 25.4. The van der Waals surface area contributed by atoms with Crippen molar-refractivity contribution in [3.8, 4) is 0 Å². The number of Topliss-reactive ketones (excluding diaryl/α,β-unsaturated/α-hetero) is 1. The van der Waals surface area contributed by atoms with Crippen LogP contribution in [0.3, 0.4) is 0 Å². The Balaban J connectivity index is 1.50. The van der Waals surface area contributed by atoms with Crippen molar-refractivity contribution in [3.63, 3.8) is 0 Å². The van der Waals surface area contributed by atoms with Crippen LogP contribution >= 0.6 is 0 Å². The molecule has 112 valence electrons. The maximum Gasteiger partial charge on any atom is 0.299 e. The number of ether oxygens (including phenoxy) is 1. The molecule has 0 unspecified atom stereocenters. The molecule has 2 aromatic rings. The molecule has 1 heterocycles. The van der Waals surface area contributed by atoms with Gasteiger partial charge >= 0.3 is 0 Å². The summed E-state index contributed by atoms with van der Waals surface area (Å²) in [5.74, 6) is -0.856. The number of ketones is 1. The summed E-state index contributed by atoms with van der Waals surface area (Å²) in [5, 5.41) is 0. The number of hydrogen-bond donors (Lipinski definition) is 0. The Morgan fingerprint density at radius 1 is 0.909 bits per heavy atom. The zero-order valence-corrected chi connectivity index (χ0v) is 12.2. The van der Waals surface area contributed by atoms with Crippen LogP contribution in [-0.4, -0.2) is 24.8 Å². The normalized spacial score (nSPS) is 13.5. The van der Waals surface area contributed by atoms with Crippen LogP contribution in [0.2, 0.25) is 0 Å². The van der Waals surface area contributed by atoms with Crippen LogP contribution in [0.15, 0.2) is 54.6 Å². The number of nitrogens with zero attached hydrogens (tertiary/aromatic N) is 1. The summed E-state index contributed by atoms with van der Waals surface area (Å²) in [5.41, 5.74) is 2.33. The number of rotatable bonds is 6. The molecule has 0 bridgehead atoms. The van der Waals surface area contributed by atoms with Gasteiger partial charge in [0.05, 0.1) is 17.9 Å². The standard InChI is InChI=1S/C18H17NO3/c20-17-15-9-4-5-10-16(15)19(18(17)21)11-6-12-22-13-14-7-2-1-3-8-14/h1-5,7-10H,6,11-13H2. The molecule has 0 fully saturated rings. The van der Waals surface area contributed by atoms with Gasteiger partial charge in [0.25, 0.3) is 11.7 Å². The lowest BCUT2D eigenvalue weighted by molar-refractivity contribution is -0.114. The smallest absolute Gasteiger partial charge is 0.299 e. The minimum atomic E-state index is -0.441. The predicted molar refractivity (Wildman–Crippen MR) is 83.8 cm³/mol. The van der Waals surface area contributed by atoms with Crippen LogP contribution in [0.5, 0.6) is 0 Å². The second-order valence-corrected chi connectivity index (χ2v) is 5.19. The van der Waals surface area contributed by atoms with Gasteiger partial charge in [-0.05, 0) is 24.1 Å². The highest BCUT2D eigenvalue weighted by Crippen LogP contribution is 2.28. The van der Waals surface area contributed by atoms with Crippen molar-refractivity contribution < 1.29 is 14.3 Å². The molecular formula is C18H17NO3. The third-order valence-corrected chi connectivity index (χ3v) is 3.66. The summed E-state index contributed by atoms with van der Waals surface area (Å²) < 4.78 is 5.61. The third kappa shape index (κ3) is 2.92. The molecule has 0 N–H and O–H groups in total. The molecule has 0 atom stereocenters. The molecule has 1 aliphatic heterocycles. The monoisotopic (exact) mass is 295 g/mol. The Morgan fingerprint density at radius 2 is 1.64 bits per heavy atom. The molecule has 4 nitrogen and oxygen atoms in total. The molecular weight excluding hydrogens is 278 g/mol. The lowest BCUT2D eigenvalue weighted by Crippen LogP contribution is -2.31. The molecule has 1 amide bonds. The van der Waals surface area contributed by atoms with Crippen LogP contribution in [0.1, 0.15) is 22.3 Å². The van der Waals surface area contributed by atoms with E-state index in [4.69, 9.17) is 4.74 Å². The van der Waals surface area contributed by atoms with Gasteiger partial charge < -0.3 is 9.64 Å². The summed E-state index contributed by atoms with van der Waals surface area (Å²) in [6.07, 6.45) is 0.695. The average Bonchev–Trinajstić information content (AvgIpc) is 2.81. The van der Waals surface area contributed by atoms with Crippen molar-refractivity contribution in [1.82, 2.24) is 0 Å². The first-order valence-corrected chi connectivity index (χ1v) is 7.34. The third-order valence-electron chi connectivity index (χ3n) is 3.66. The van der Waals surface area contributed by atoms with E-state index in [1.54, 1.807) is 17.0 Å². The Bertz CT molecular complexity index is 682. The second-order valence-electron chi connectivity index (χ2n) is 5.19. The summed E-state index contributed by atoms with van der Waals surface area (Å²) in [7, 11) is 0. The molecule has 3 rings (SSSR count). The Hall–Kier alpha value is -2.46. The largest absolute Gasteiger partial charge is 0.377 e. The molecule has 4 heteroatoms. The zero-order valence-electron chi connectivity index (χ0n) is 12.2. The first kappa shape index (κ1) is 14.5. The lowest BCUT2D eigenvalue weighted by Gasteiger charge is -2.16. The number of hydrogen-bond acceptors (Lipinski definition) is 3. The predicted octanol–water partition coefficient (Wildman–Crippen LogP) is 2.82. The van der Waals surface area contributed by atoms with Crippen molar-refractivity contribution in [2.24, 2.45) is 0 Å². The molecule has 2 aromatic carbocycles. The van der Waals surface area contributed by atoms with E-state index in [0.717, 1.165) is 5.56 Å². The van der Waals surface area contributed by atoms with E-state index in [0.29, 0.717) is 37.4 Å². The van der Waals surface area contributed by atoms with E-state index >= 15 is 0 Å². The molecule has 0 aromatic heterocycles. The van der Waals surface area contributed by atoms with Crippen molar-refractivity contribution in [3.05, 3.63) is 65.7 Å². The zero-order chi connectivity index (χ0) is 15.4. The van der Waals surface area contributed by atoms with Crippen molar-refractivity contribution in [2.75, 3.05) is 18.1 Å². The van der Waals surface area contributed by atoms with Gasteiger partial charge in [-0.25, -0.2) is 0 Å². The van der Waals surface area contributed by atoms with Gasteiger partial charge in [0, 0.05) is 13.2 Å². The van der Waals surface area contributed by atoms with Gasteiger partial charge in [-0.15, -0.1) is 0 Å². The van der Waals surface area contributed by atoms with Gasteiger partial charge in [-0.2, -0.15) is 0 Å². The van der Waals surface area contributed by atoms with E-state index in [1.807, 2.05) is 42.5 Å². The summed E-state index contributed by atoms with van der Waals surface area (Å²) >= 11 is 0. The molecule has 0 spiro atoms. The summed E-state index contributed by atoms with van der Waals surface area (Å²) in [6.45, 7) is 1.61. The average molecular weight is 295 g/mol. The fourth-order valence-corrected chi connectivity index (χ4v) is 2.56. The van der Waals surface area contributed by atoms with Crippen LogP contribution in [0.4, 0.5) is 5.69 Å². The van der Waals surface area contributed by atoms with Crippen molar-refractivity contribution in [1.29, 1.82) is 0 Å². The molecule has 0 radical (unpaired) electrons. The SMILES string of the molecule is O=C1C(=O)N(CCCOCc2ccccc2)c2ccccc21. The second kappa shape index (κ2) is 6.54. The number of para-hydroxylation sites is 1. The maximum absolute atomic E-state index is 12.0. The van der Waals surface area contributed by atoms with Crippen LogP contribution in [0, 0.1) is 0 Å². The van der Waals surface area contributed by atoms with Crippen LogP contribution in [-0.2, 0) is 16.1 Å². The van der Waals surface area contributed by atoms with Gasteiger partial charge in [-0.1, -0.05) is 42.5 Å².